The van der Waals surface area contributed by atoms with Crippen LogP contribution in [0.1, 0.15) is 11.7 Å². The SMILES string of the molecule is C=CCSC1=NN2C(=c3cc(Br)ccc3=N[C@H]2c2ccccc2[N+](=O)[O-])C(=O)N1. The van der Waals surface area contributed by atoms with E-state index in [9.17, 15) is 14.9 Å². The van der Waals surface area contributed by atoms with Gasteiger partial charge in [-0.2, -0.15) is 0 Å². The van der Waals surface area contributed by atoms with Gasteiger partial charge in [0.2, 0.25) is 0 Å². The molecule has 4 rings (SSSR count). The Balaban J connectivity index is 1.98. The summed E-state index contributed by atoms with van der Waals surface area (Å²) in [5.74, 6) is 0.210. The van der Waals surface area contributed by atoms with Crippen LogP contribution < -0.4 is 15.9 Å². The number of fused-ring (bicyclic) bond motifs is 2. The van der Waals surface area contributed by atoms with E-state index in [0.29, 0.717) is 32.8 Å². The molecule has 1 atom stereocenters. The van der Waals surface area contributed by atoms with Crippen LogP contribution in [-0.4, -0.2) is 26.8 Å². The number of amides is 1. The Morgan fingerprint density at radius 3 is 2.90 bits per heavy atom. The molecule has 0 radical (unpaired) electrons. The van der Waals surface area contributed by atoms with Gasteiger partial charge < -0.3 is 0 Å². The number of hydrazone groups is 1. The van der Waals surface area contributed by atoms with Gasteiger partial charge in [-0.25, -0.2) is 5.01 Å². The third-order valence-electron chi connectivity index (χ3n) is 4.32. The average Bonchev–Trinajstić information content (AvgIpc) is 2.71. The lowest BCUT2D eigenvalue weighted by Gasteiger charge is -2.33. The maximum Gasteiger partial charge on any atom is 0.276 e. The highest BCUT2D eigenvalue weighted by Gasteiger charge is 2.37. The van der Waals surface area contributed by atoms with Gasteiger partial charge in [-0.05, 0) is 24.3 Å². The molecule has 2 aliphatic heterocycles. The number of rotatable bonds is 4. The minimum atomic E-state index is -0.842. The molecule has 2 aromatic rings. The summed E-state index contributed by atoms with van der Waals surface area (Å²) in [6.07, 6.45) is 0.858. The lowest BCUT2D eigenvalue weighted by molar-refractivity contribution is -0.385. The van der Waals surface area contributed by atoms with Crippen molar-refractivity contribution in [3.63, 3.8) is 0 Å². The van der Waals surface area contributed by atoms with E-state index in [1.807, 2.05) is 6.07 Å². The van der Waals surface area contributed by atoms with Crippen LogP contribution in [0.4, 0.5) is 5.69 Å². The highest BCUT2D eigenvalue weighted by molar-refractivity contribution is 9.10. The quantitative estimate of drug-likeness (QED) is 0.419. The first-order chi connectivity index (χ1) is 14.0. The number of para-hydroxylation sites is 1. The molecular weight excluding hydrogens is 458 g/mol. The zero-order valence-corrected chi connectivity index (χ0v) is 17.3. The van der Waals surface area contributed by atoms with Crippen LogP contribution in [0.25, 0.3) is 5.70 Å². The van der Waals surface area contributed by atoms with Crippen molar-refractivity contribution in [2.45, 2.75) is 6.17 Å². The number of nitro benzene ring substituents is 1. The average molecular weight is 472 g/mol. The Morgan fingerprint density at radius 2 is 2.14 bits per heavy atom. The number of halogens is 1. The van der Waals surface area contributed by atoms with Crippen molar-refractivity contribution >= 4 is 50.2 Å². The second-order valence-corrected chi connectivity index (χ2v) is 8.06. The van der Waals surface area contributed by atoms with E-state index >= 15 is 0 Å². The molecule has 2 aliphatic rings. The van der Waals surface area contributed by atoms with Crippen LogP contribution in [0.15, 0.2) is 69.7 Å². The minimum Gasteiger partial charge on any atom is -0.298 e. The van der Waals surface area contributed by atoms with Gasteiger partial charge >= 0.3 is 0 Å². The number of thioether (sulfide) groups is 1. The smallest absolute Gasteiger partial charge is 0.276 e. The molecule has 146 valence electrons. The summed E-state index contributed by atoms with van der Waals surface area (Å²) in [7, 11) is 0. The van der Waals surface area contributed by atoms with Crippen LogP contribution in [0.3, 0.4) is 0 Å². The van der Waals surface area contributed by atoms with Crippen LogP contribution in [-0.2, 0) is 4.79 Å². The van der Waals surface area contributed by atoms with Crippen molar-refractivity contribution in [2.24, 2.45) is 10.1 Å². The van der Waals surface area contributed by atoms with E-state index in [1.54, 1.807) is 36.4 Å². The first-order valence-electron chi connectivity index (χ1n) is 8.53. The molecule has 0 saturated carbocycles. The maximum atomic E-state index is 13.0. The van der Waals surface area contributed by atoms with Gasteiger partial charge in [-0.3, -0.25) is 25.2 Å². The van der Waals surface area contributed by atoms with Crippen molar-refractivity contribution in [1.29, 1.82) is 0 Å². The van der Waals surface area contributed by atoms with Crippen molar-refractivity contribution in [2.75, 3.05) is 5.75 Å². The highest BCUT2D eigenvalue weighted by Crippen LogP contribution is 2.35. The molecule has 0 fully saturated rings. The number of hydrogen-bond acceptors (Lipinski definition) is 7. The van der Waals surface area contributed by atoms with Crippen LogP contribution in [0.2, 0.25) is 0 Å². The topological polar surface area (TPSA) is 100 Å². The van der Waals surface area contributed by atoms with Gasteiger partial charge in [-0.1, -0.05) is 45.9 Å². The maximum absolute atomic E-state index is 13.0. The second-order valence-electron chi connectivity index (χ2n) is 6.13. The zero-order chi connectivity index (χ0) is 20.5. The molecule has 2 heterocycles. The molecule has 0 aromatic heterocycles. The largest absolute Gasteiger partial charge is 0.298 e. The molecule has 29 heavy (non-hydrogen) atoms. The van der Waals surface area contributed by atoms with Crippen molar-refractivity contribution in [1.82, 2.24) is 10.3 Å². The van der Waals surface area contributed by atoms with Crippen LogP contribution >= 0.6 is 27.7 Å². The highest BCUT2D eigenvalue weighted by atomic mass is 79.9. The first kappa shape index (κ1) is 19.3. The van der Waals surface area contributed by atoms with Gasteiger partial charge in [0.25, 0.3) is 11.6 Å². The van der Waals surface area contributed by atoms with Crippen LogP contribution in [0.5, 0.6) is 0 Å². The summed E-state index contributed by atoms with van der Waals surface area (Å²) in [5, 5.41) is 21.9. The number of amidine groups is 1. The first-order valence-corrected chi connectivity index (χ1v) is 10.3. The number of benzene rings is 2. The zero-order valence-electron chi connectivity index (χ0n) is 14.9. The predicted octanol–water partition coefficient (Wildman–Crippen LogP) is 2.42. The molecular formula is C19H14BrN5O3S. The number of nitrogens with zero attached hydrogens (tertiary/aromatic N) is 4. The fourth-order valence-corrected chi connectivity index (χ4v) is 4.08. The fraction of sp³-hybridized carbons (Fsp3) is 0.105. The van der Waals surface area contributed by atoms with Crippen molar-refractivity contribution in [3.8, 4) is 0 Å². The Labute approximate surface area is 178 Å². The summed E-state index contributed by atoms with van der Waals surface area (Å²) < 4.78 is 0.784. The summed E-state index contributed by atoms with van der Waals surface area (Å²) in [6, 6.07) is 11.7. The monoisotopic (exact) mass is 471 g/mol. The molecule has 10 heteroatoms. The van der Waals surface area contributed by atoms with Crippen molar-refractivity contribution in [3.05, 3.63) is 85.8 Å². The number of carbonyl (C=O) groups excluding carboxylic acids is 1. The van der Waals surface area contributed by atoms with E-state index in [-0.39, 0.29) is 11.6 Å². The Hall–Kier alpha value is -2.98. The molecule has 0 bridgehead atoms. The Bertz CT molecular complexity index is 1200. The van der Waals surface area contributed by atoms with Crippen LogP contribution in [0, 0.1) is 10.1 Å². The third kappa shape index (κ3) is 3.56. The summed E-state index contributed by atoms with van der Waals surface area (Å²) in [6.45, 7) is 3.67. The number of nitro groups is 1. The molecule has 0 spiro atoms. The molecule has 0 unspecified atom stereocenters. The summed E-state index contributed by atoms with van der Waals surface area (Å²) in [5.41, 5.74) is 0.570. The van der Waals surface area contributed by atoms with E-state index in [4.69, 9.17) is 4.99 Å². The van der Waals surface area contributed by atoms with Gasteiger partial charge in [0.1, 0.15) is 5.70 Å². The van der Waals surface area contributed by atoms with Gasteiger partial charge in [0, 0.05) is 21.5 Å². The molecule has 1 N–H and O–H groups in total. The standard InChI is InChI=1S/C19H14BrN5O3S/c1-2-9-29-19-22-18(26)16-13-10-11(20)7-8-14(13)21-17(24(16)23-19)12-5-3-4-6-15(12)25(27)28/h2-8,10,17H,1,9H2,(H,22,23,26)/t17-/m1/s1. The van der Waals surface area contributed by atoms with E-state index < -0.39 is 11.1 Å². The predicted molar refractivity (Wildman–Crippen MR) is 114 cm³/mol. The number of carbonyl (C=O) groups is 1. The molecule has 2 aromatic carbocycles. The number of hydrogen-bond donors (Lipinski definition) is 1. The van der Waals surface area contributed by atoms with Gasteiger partial charge in [0.15, 0.2) is 11.3 Å². The second kappa shape index (κ2) is 7.80. The third-order valence-corrected chi connectivity index (χ3v) is 5.67. The number of nitrogens with one attached hydrogen (secondary N) is 1. The van der Waals surface area contributed by atoms with E-state index in [2.05, 4.69) is 32.9 Å². The van der Waals surface area contributed by atoms with E-state index in [0.717, 1.165) is 4.47 Å². The summed E-state index contributed by atoms with van der Waals surface area (Å²) >= 11 is 4.73. The molecule has 8 nitrogen and oxygen atoms in total. The lowest BCUT2D eigenvalue weighted by Crippen LogP contribution is -2.50. The Kier molecular flexibility index (Phi) is 5.20. The minimum absolute atomic E-state index is 0.0809. The fourth-order valence-electron chi connectivity index (χ4n) is 3.13. The normalized spacial score (nSPS) is 17.5. The van der Waals surface area contributed by atoms with Gasteiger partial charge in [-0.15, -0.1) is 11.7 Å². The molecule has 0 saturated heterocycles. The molecule has 1 amide bonds. The van der Waals surface area contributed by atoms with Crippen molar-refractivity contribution < 1.29 is 9.72 Å². The lowest BCUT2D eigenvalue weighted by atomic mass is 10.1. The molecule has 0 aliphatic carbocycles. The van der Waals surface area contributed by atoms with E-state index in [1.165, 1.54) is 22.8 Å². The Morgan fingerprint density at radius 1 is 1.34 bits per heavy atom. The van der Waals surface area contributed by atoms with Gasteiger partial charge in [0.05, 0.1) is 15.8 Å². The summed E-state index contributed by atoms with van der Waals surface area (Å²) in [4.78, 5) is 28.8.